The Morgan fingerprint density at radius 2 is 1.78 bits per heavy atom. The zero-order valence-electron chi connectivity index (χ0n) is 14.1. The summed E-state index contributed by atoms with van der Waals surface area (Å²) in [4.78, 5) is 12.1. The Labute approximate surface area is 168 Å². The number of amides is 1. The minimum atomic E-state index is -0.142. The number of aromatic nitrogens is 2. The van der Waals surface area contributed by atoms with Crippen LogP contribution in [-0.2, 0) is 4.79 Å². The van der Waals surface area contributed by atoms with Crippen molar-refractivity contribution in [1.29, 1.82) is 0 Å². The molecule has 5 nitrogen and oxygen atoms in total. The third kappa shape index (κ3) is 4.04. The van der Waals surface area contributed by atoms with Crippen LogP contribution in [0.25, 0.3) is 22.2 Å². The number of hydrogen-bond donors (Lipinski definition) is 1. The van der Waals surface area contributed by atoms with Gasteiger partial charge in [0.15, 0.2) is 0 Å². The summed E-state index contributed by atoms with van der Waals surface area (Å²) in [6, 6.07) is 21.4. The number of para-hydroxylation sites is 1. The van der Waals surface area contributed by atoms with Crippen molar-refractivity contribution < 1.29 is 9.21 Å². The van der Waals surface area contributed by atoms with E-state index in [4.69, 9.17) is 4.42 Å². The van der Waals surface area contributed by atoms with Crippen molar-refractivity contribution in [2.45, 2.75) is 5.22 Å². The average molecular weight is 440 g/mol. The number of hydrogen-bond acceptors (Lipinski definition) is 5. The highest BCUT2D eigenvalue weighted by Gasteiger charge is 2.13. The molecule has 4 rings (SSSR count). The van der Waals surface area contributed by atoms with E-state index >= 15 is 0 Å². The second-order valence-corrected chi connectivity index (χ2v) is 7.50. The molecule has 4 aromatic rings. The van der Waals surface area contributed by atoms with E-state index in [-0.39, 0.29) is 11.7 Å². The lowest BCUT2D eigenvalue weighted by Gasteiger charge is -2.05. The van der Waals surface area contributed by atoms with Gasteiger partial charge in [0.2, 0.25) is 11.8 Å². The molecule has 0 aliphatic carbocycles. The van der Waals surface area contributed by atoms with E-state index < -0.39 is 0 Å². The summed E-state index contributed by atoms with van der Waals surface area (Å²) in [6.07, 6.45) is 0. The van der Waals surface area contributed by atoms with Gasteiger partial charge in [0.1, 0.15) is 0 Å². The van der Waals surface area contributed by atoms with Crippen LogP contribution in [0.2, 0.25) is 0 Å². The minimum Gasteiger partial charge on any atom is -0.411 e. The summed E-state index contributed by atoms with van der Waals surface area (Å²) < 4.78 is 6.59. The van der Waals surface area contributed by atoms with Crippen LogP contribution < -0.4 is 5.32 Å². The zero-order chi connectivity index (χ0) is 18.6. The van der Waals surface area contributed by atoms with Crippen molar-refractivity contribution >= 4 is 50.1 Å². The van der Waals surface area contributed by atoms with E-state index in [2.05, 4.69) is 31.4 Å². The predicted molar refractivity (Wildman–Crippen MR) is 111 cm³/mol. The number of benzene rings is 3. The number of thioether (sulfide) groups is 1. The molecule has 0 fully saturated rings. The van der Waals surface area contributed by atoms with Crippen molar-refractivity contribution in [3.8, 4) is 11.5 Å². The summed E-state index contributed by atoms with van der Waals surface area (Å²) in [6.45, 7) is 0. The quantitative estimate of drug-likeness (QED) is 0.422. The molecular weight excluding hydrogens is 426 g/mol. The third-order valence-corrected chi connectivity index (χ3v) is 5.41. The fraction of sp³-hybridized carbons (Fsp3) is 0.0500. The van der Waals surface area contributed by atoms with E-state index in [1.54, 1.807) is 0 Å². The van der Waals surface area contributed by atoms with Gasteiger partial charge in [-0.05, 0) is 44.9 Å². The molecule has 134 valence electrons. The molecule has 0 saturated heterocycles. The Morgan fingerprint density at radius 3 is 2.67 bits per heavy atom. The smallest absolute Gasteiger partial charge is 0.277 e. The highest BCUT2D eigenvalue weighted by atomic mass is 79.9. The van der Waals surface area contributed by atoms with E-state index in [1.165, 1.54) is 11.8 Å². The van der Waals surface area contributed by atoms with Gasteiger partial charge in [-0.15, -0.1) is 10.2 Å². The molecule has 0 spiro atoms. The Bertz CT molecular complexity index is 1110. The van der Waals surface area contributed by atoms with Crippen molar-refractivity contribution in [3.05, 3.63) is 71.2 Å². The molecule has 0 aliphatic heterocycles. The minimum absolute atomic E-state index is 0.142. The van der Waals surface area contributed by atoms with Crippen molar-refractivity contribution in [1.82, 2.24) is 10.2 Å². The standard InChI is InChI=1S/C20H14BrN3O2S/c21-16-10-3-4-11-17(16)22-18(25)12-27-20-24-23-19(26-20)15-9-5-7-13-6-1-2-8-14(13)15/h1-11H,12H2,(H,22,25). The fourth-order valence-electron chi connectivity index (χ4n) is 2.66. The number of anilines is 1. The lowest BCUT2D eigenvalue weighted by Crippen LogP contribution is -2.14. The summed E-state index contributed by atoms with van der Waals surface area (Å²) in [7, 11) is 0. The maximum atomic E-state index is 12.1. The number of nitrogens with zero attached hydrogens (tertiary/aromatic N) is 2. The van der Waals surface area contributed by atoms with Crippen LogP contribution in [0.4, 0.5) is 5.69 Å². The van der Waals surface area contributed by atoms with E-state index in [1.807, 2.05) is 66.7 Å². The van der Waals surface area contributed by atoms with Crippen molar-refractivity contribution in [2.75, 3.05) is 11.1 Å². The Balaban J connectivity index is 1.45. The zero-order valence-corrected chi connectivity index (χ0v) is 16.5. The van der Waals surface area contributed by atoms with Crippen LogP contribution in [0.5, 0.6) is 0 Å². The maximum absolute atomic E-state index is 12.1. The Morgan fingerprint density at radius 1 is 1.00 bits per heavy atom. The fourth-order valence-corrected chi connectivity index (χ4v) is 3.61. The van der Waals surface area contributed by atoms with Gasteiger partial charge in [0.05, 0.1) is 11.4 Å². The molecule has 1 aromatic heterocycles. The lowest BCUT2D eigenvalue weighted by molar-refractivity contribution is -0.113. The molecule has 7 heteroatoms. The predicted octanol–water partition coefficient (Wildman–Crippen LogP) is 5.38. The topological polar surface area (TPSA) is 68.0 Å². The molecule has 0 saturated carbocycles. The first-order chi connectivity index (χ1) is 13.2. The van der Waals surface area contributed by atoms with Crippen molar-refractivity contribution in [2.24, 2.45) is 0 Å². The average Bonchev–Trinajstić information content (AvgIpc) is 3.17. The molecule has 0 unspecified atom stereocenters. The molecular formula is C20H14BrN3O2S. The second-order valence-electron chi connectivity index (χ2n) is 5.72. The number of carbonyl (C=O) groups is 1. The number of carbonyl (C=O) groups excluding carboxylic acids is 1. The molecule has 1 amide bonds. The van der Waals surface area contributed by atoms with E-state index in [0.29, 0.717) is 11.1 Å². The molecule has 0 aliphatic rings. The van der Waals surface area contributed by atoms with E-state index in [9.17, 15) is 4.79 Å². The molecule has 27 heavy (non-hydrogen) atoms. The van der Waals surface area contributed by atoms with Crippen LogP contribution in [0.3, 0.4) is 0 Å². The lowest BCUT2D eigenvalue weighted by atomic mass is 10.0. The summed E-state index contributed by atoms with van der Waals surface area (Å²) in [5.74, 6) is 0.482. The molecule has 0 radical (unpaired) electrons. The molecule has 0 bridgehead atoms. The summed E-state index contributed by atoms with van der Waals surface area (Å²) in [5, 5.41) is 13.6. The largest absolute Gasteiger partial charge is 0.411 e. The highest BCUT2D eigenvalue weighted by molar-refractivity contribution is 9.10. The van der Waals surface area contributed by atoms with Gasteiger partial charge in [-0.25, -0.2) is 0 Å². The molecule has 1 N–H and O–H groups in total. The van der Waals surface area contributed by atoms with Crippen LogP contribution in [-0.4, -0.2) is 21.9 Å². The SMILES string of the molecule is O=C(CSc1nnc(-c2cccc3ccccc23)o1)Nc1ccccc1Br. The van der Waals surface area contributed by atoms with Gasteiger partial charge < -0.3 is 9.73 Å². The van der Waals surface area contributed by atoms with Gasteiger partial charge in [-0.1, -0.05) is 60.3 Å². The first kappa shape index (κ1) is 17.8. The third-order valence-electron chi connectivity index (χ3n) is 3.90. The van der Waals surface area contributed by atoms with Crippen LogP contribution in [0, 0.1) is 0 Å². The number of halogens is 1. The van der Waals surface area contributed by atoms with Gasteiger partial charge in [-0.2, -0.15) is 0 Å². The Hall–Kier alpha value is -2.64. The van der Waals surface area contributed by atoms with Crippen LogP contribution in [0.1, 0.15) is 0 Å². The number of fused-ring (bicyclic) bond motifs is 1. The summed E-state index contributed by atoms with van der Waals surface area (Å²) in [5.41, 5.74) is 1.61. The number of rotatable bonds is 5. The number of nitrogens with one attached hydrogen (secondary N) is 1. The first-order valence-corrected chi connectivity index (χ1v) is 9.97. The molecule has 1 heterocycles. The summed E-state index contributed by atoms with van der Waals surface area (Å²) >= 11 is 4.61. The maximum Gasteiger partial charge on any atom is 0.277 e. The van der Waals surface area contributed by atoms with Gasteiger partial charge in [0, 0.05) is 10.0 Å². The van der Waals surface area contributed by atoms with E-state index in [0.717, 1.165) is 26.5 Å². The highest BCUT2D eigenvalue weighted by Crippen LogP contribution is 2.29. The van der Waals surface area contributed by atoms with Gasteiger partial charge in [0.25, 0.3) is 5.22 Å². The van der Waals surface area contributed by atoms with Gasteiger partial charge in [-0.3, -0.25) is 4.79 Å². The Kier molecular flexibility index (Phi) is 5.22. The van der Waals surface area contributed by atoms with Crippen LogP contribution >= 0.6 is 27.7 Å². The molecule has 3 aromatic carbocycles. The molecule has 0 atom stereocenters. The first-order valence-electron chi connectivity index (χ1n) is 8.19. The normalized spacial score (nSPS) is 10.9. The van der Waals surface area contributed by atoms with Gasteiger partial charge >= 0.3 is 0 Å². The monoisotopic (exact) mass is 439 g/mol. The second kappa shape index (κ2) is 7.94. The van der Waals surface area contributed by atoms with Crippen molar-refractivity contribution in [3.63, 3.8) is 0 Å². The van der Waals surface area contributed by atoms with Crippen LogP contribution in [0.15, 0.2) is 80.8 Å².